The lowest BCUT2D eigenvalue weighted by Crippen LogP contribution is -2.36. The molecule has 3 atom stereocenters. The smallest absolute Gasteiger partial charge is 0.0608 e. The highest BCUT2D eigenvalue weighted by Crippen LogP contribution is 2.35. The molecule has 0 aromatic heterocycles. The molecule has 1 rings (SSSR count). The summed E-state index contributed by atoms with van der Waals surface area (Å²) in [5.74, 6) is 2.31. The summed E-state index contributed by atoms with van der Waals surface area (Å²) in [7, 11) is 0. The maximum atomic E-state index is 6.13. The van der Waals surface area contributed by atoms with E-state index in [1.54, 1.807) is 0 Å². The van der Waals surface area contributed by atoms with Crippen LogP contribution in [0, 0.1) is 17.8 Å². The summed E-state index contributed by atoms with van der Waals surface area (Å²) < 4.78 is 11.4. The average Bonchev–Trinajstić information content (AvgIpc) is 2.37. The Labute approximate surface area is 119 Å². The van der Waals surface area contributed by atoms with Gasteiger partial charge in [-0.15, -0.1) is 0 Å². The number of nitrogens with one attached hydrogen (secondary N) is 1. The van der Waals surface area contributed by atoms with Gasteiger partial charge in [-0.3, -0.25) is 0 Å². The molecule has 0 aromatic carbocycles. The summed E-state index contributed by atoms with van der Waals surface area (Å²) in [5, 5.41) is 3.37. The summed E-state index contributed by atoms with van der Waals surface area (Å²) in [5.41, 5.74) is 0. The molecule has 0 bridgehead atoms. The van der Waals surface area contributed by atoms with Crippen LogP contribution >= 0.6 is 0 Å². The van der Waals surface area contributed by atoms with Crippen molar-refractivity contribution in [1.82, 2.24) is 5.32 Å². The minimum Gasteiger partial charge on any atom is -0.380 e. The fourth-order valence-corrected chi connectivity index (χ4v) is 3.00. The molecule has 0 radical (unpaired) electrons. The largest absolute Gasteiger partial charge is 0.380 e. The summed E-state index contributed by atoms with van der Waals surface area (Å²) in [6, 6.07) is 0. The van der Waals surface area contributed by atoms with E-state index in [1.807, 2.05) is 6.92 Å². The quantitative estimate of drug-likeness (QED) is 0.654. The van der Waals surface area contributed by atoms with E-state index in [9.17, 15) is 0 Å². The third kappa shape index (κ3) is 6.73. The van der Waals surface area contributed by atoms with Gasteiger partial charge in [-0.05, 0) is 37.5 Å². The van der Waals surface area contributed by atoms with E-state index in [1.165, 1.54) is 19.3 Å². The van der Waals surface area contributed by atoms with Crippen LogP contribution in [-0.2, 0) is 9.47 Å². The monoisotopic (exact) mass is 271 g/mol. The molecular weight excluding hydrogens is 238 g/mol. The van der Waals surface area contributed by atoms with Gasteiger partial charge in [0, 0.05) is 19.7 Å². The highest BCUT2D eigenvalue weighted by molar-refractivity contribution is 4.81. The topological polar surface area (TPSA) is 30.5 Å². The van der Waals surface area contributed by atoms with Crippen LogP contribution < -0.4 is 5.32 Å². The Hall–Kier alpha value is -0.120. The van der Waals surface area contributed by atoms with E-state index in [0.29, 0.717) is 6.10 Å². The molecule has 1 fully saturated rings. The molecule has 1 saturated carbocycles. The third-order valence-electron chi connectivity index (χ3n) is 4.20. The van der Waals surface area contributed by atoms with Crippen molar-refractivity contribution in [3.63, 3.8) is 0 Å². The van der Waals surface area contributed by atoms with Crippen molar-refractivity contribution in [2.75, 3.05) is 32.9 Å². The van der Waals surface area contributed by atoms with E-state index in [0.717, 1.165) is 50.7 Å². The van der Waals surface area contributed by atoms with E-state index < -0.39 is 0 Å². The van der Waals surface area contributed by atoms with Gasteiger partial charge < -0.3 is 14.8 Å². The second-order valence-corrected chi connectivity index (χ2v) is 6.18. The summed E-state index contributed by atoms with van der Waals surface area (Å²) in [6.45, 7) is 13.3. The van der Waals surface area contributed by atoms with Crippen molar-refractivity contribution in [2.45, 2.75) is 53.1 Å². The predicted molar refractivity (Wildman–Crippen MR) is 80.4 cm³/mol. The lowest BCUT2D eigenvalue weighted by atomic mass is 9.75. The molecule has 1 aliphatic rings. The Morgan fingerprint density at radius 2 is 1.89 bits per heavy atom. The van der Waals surface area contributed by atoms with Gasteiger partial charge in [-0.1, -0.05) is 27.2 Å². The maximum absolute atomic E-state index is 6.13. The number of hydrogen-bond donors (Lipinski definition) is 1. The molecule has 0 spiro atoms. The third-order valence-corrected chi connectivity index (χ3v) is 4.20. The zero-order valence-electron chi connectivity index (χ0n) is 13.3. The first-order valence-corrected chi connectivity index (χ1v) is 8.05. The minimum atomic E-state index is 0.470. The SMILES string of the molecule is CCOCCNCCOC1CC(C)CCC1C(C)C. The van der Waals surface area contributed by atoms with E-state index in [-0.39, 0.29) is 0 Å². The van der Waals surface area contributed by atoms with Gasteiger partial charge in [0.1, 0.15) is 0 Å². The standard InChI is InChI=1S/C16H33NO2/c1-5-18-10-8-17-9-11-19-16-12-14(4)6-7-15(16)13(2)3/h13-17H,5-12H2,1-4H3. The van der Waals surface area contributed by atoms with E-state index in [4.69, 9.17) is 9.47 Å². The first-order valence-electron chi connectivity index (χ1n) is 8.05. The zero-order chi connectivity index (χ0) is 14.1. The van der Waals surface area contributed by atoms with Gasteiger partial charge >= 0.3 is 0 Å². The normalized spacial score (nSPS) is 27.9. The molecule has 1 N–H and O–H groups in total. The average molecular weight is 271 g/mol. The lowest BCUT2D eigenvalue weighted by Gasteiger charge is -2.37. The first-order chi connectivity index (χ1) is 9.15. The molecule has 3 unspecified atom stereocenters. The van der Waals surface area contributed by atoms with Crippen LogP contribution in [0.1, 0.15) is 47.0 Å². The van der Waals surface area contributed by atoms with Gasteiger partial charge in [-0.25, -0.2) is 0 Å². The highest BCUT2D eigenvalue weighted by Gasteiger charge is 2.31. The molecule has 0 aromatic rings. The Morgan fingerprint density at radius 1 is 1.16 bits per heavy atom. The van der Waals surface area contributed by atoms with Crippen LogP contribution in [0.3, 0.4) is 0 Å². The van der Waals surface area contributed by atoms with E-state index in [2.05, 4.69) is 26.1 Å². The second kappa shape index (κ2) is 9.73. The summed E-state index contributed by atoms with van der Waals surface area (Å²) in [6.07, 6.45) is 4.41. The predicted octanol–water partition coefficient (Wildman–Crippen LogP) is 3.09. The molecular formula is C16H33NO2. The van der Waals surface area contributed by atoms with Crippen LogP contribution in [-0.4, -0.2) is 39.0 Å². The van der Waals surface area contributed by atoms with Gasteiger partial charge in [0.2, 0.25) is 0 Å². The van der Waals surface area contributed by atoms with Crippen LogP contribution in [0.4, 0.5) is 0 Å². The molecule has 19 heavy (non-hydrogen) atoms. The van der Waals surface area contributed by atoms with Crippen molar-refractivity contribution in [3.8, 4) is 0 Å². The first kappa shape index (κ1) is 16.9. The number of hydrogen-bond acceptors (Lipinski definition) is 3. The van der Waals surface area contributed by atoms with Gasteiger partial charge in [0.05, 0.1) is 19.3 Å². The van der Waals surface area contributed by atoms with Crippen molar-refractivity contribution in [3.05, 3.63) is 0 Å². The summed E-state index contributed by atoms with van der Waals surface area (Å²) >= 11 is 0. The van der Waals surface area contributed by atoms with Crippen molar-refractivity contribution < 1.29 is 9.47 Å². The summed E-state index contributed by atoms with van der Waals surface area (Å²) in [4.78, 5) is 0. The molecule has 3 nitrogen and oxygen atoms in total. The lowest BCUT2D eigenvalue weighted by molar-refractivity contribution is -0.0369. The Bertz CT molecular complexity index is 221. The zero-order valence-corrected chi connectivity index (χ0v) is 13.3. The van der Waals surface area contributed by atoms with Gasteiger partial charge in [-0.2, -0.15) is 0 Å². The van der Waals surface area contributed by atoms with Crippen molar-refractivity contribution in [2.24, 2.45) is 17.8 Å². The molecule has 3 heteroatoms. The second-order valence-electron chi connectivity index (χ2n) is 6.18. The van der Waals surface area contributed by atoms with E-state index >= 15 is 0 Å². The van der Waals surface area contributed by atoms with Crippen LogP contribution in [0.2, 0.25) is 0 Å². The number of rotatable bonds is 9. The van der Waals surface area contributed by atoms with Crippen LogP contribution in [0.15, 0.2) is 0 Å². The Kier molecular flexibility index (Phi) is 8.67. The molecule has 1 aliphatic carbocycles. The highest BCUT2D eigenvalue weighted by atomic mass is 16.5. The molecule has 114 valence electrons. The van der Waals surface area contributed by atoms with Crippen molar-refractivity contribution in [1.29, 1.82) is 0 Å². The fourth-order valence-electron chi connectivity index (χ4n) is 3.00. The van der Waals surface area contributed by atoms with Crippen molar-refractivity contribution >= 4 is 0 Å². The molecule has 0 amide bonds. The van der Waals surface area contributed by atoms with Crippen LogP contribution in [0.5, 0.6) is 0 Å². The van der Waals surface area contributed by atoms with Crippen LogP contribution in [0.25, 0.3) is 0 Å². The maximum Gasteiger partial charge on any atom is 0.0608 e. The van der Waals surface area contributed by atoms with Gasteiger partial charge in [0.25, 0.3) is 0 Å². The number of ether oxygens (including phenoxy) is 2. The molecule has 0 aliphatic heterocycles. The minimum absolute atomic E-state index is 0.470. The molecule has 0 heterocycles. The fraction of sp³-hybridized carbons (Fsp3) is 1.00. The molecule has 0 saturated heterocycles. The Balaban J connectivity index is 2.14. The van der Waals surface area contributed by atoms with Gasteiger partial charge in [0.15, 0.2) is 0 Å². The Morgan fingerprint density at radius 3 is 2.58 bits per heavy atom.